The van der Waals surface area contributed by atoms with Crippen LogP contribution in [0.1, 0.15) is 31.4 Å². The van der Waals surface area contributed by atoms with Crippen molar-refractivity contribution in [1.29, 1.82) is 0 Å². The second-order valence-corrected chi connectivity index (χ2v) is 4.83. The fourth-order valence-electron chi connectivity index (χ4n) is 2.74. The standard InChI is InChI=1S/C13H15FO3/c1-8-13(4-5-16-8)7-11(15)10-3-2-9(14)6-12(10)17-13/h2-3,6,8,11,15H,4-5,7H2,1H3. The molecule has 3 atom stereocenters. The Balaban J connectivity index is 2.02. The number of hydrogen-bond donors (Lipinski definition) is 1. The van der Waals surface area contributed by atoms with Crippen molar-refractivity contribution in [2.45, 2.75) is 37.6 Å². The molecule has 3 unspecified atom stereocenters. The molecule has 3 nitrogen and oxygen atoms in total. The second-order valence-electron chi connectivity index (χ2n) is 4.83. The molecule has 2 aliphatic rings. The van der Waals surface area contributed by atoms with Crippen LogP contribution in [-0.4, -0.2) is 23.4 Å². The lowest BCUT2D eigenvalue weighted by atomic mass is 9.84. The Labute approximate surface area is 99.2 Å². The Morgan fingerprint density at radius 1 is 1.47 bits per heavy atom. The molecule has 0 saturated carbocycles. The lowest BCUT2D eigenvalue weighted by Gasteiger charge is -2.39. The van der Waals surface area contributed by atoms with E-state index < -0.39 is 11.7 Å². The first-order chi connectivity index (χ1) is 8.11. The molecule has 4 heteroatoms. The molecule has 1 aromatic rings. The van der Waals surface area contributed by atoms with Crippen LogP contribution < -0.4 is 4.74 Å². The first-order valence-corrected chi connectivity index (χ1v) is 5.89. The summed E-state index contributed by atoms with van der Waals surface area (Å²) < 4.78 is 24.6. The van der Waals surface area contributed by atoms with E-state index in [9.17, 15) is 9.50 Å². The van der Waals surface area contributed by atoms with Gasteiger partial charge in [0.1, 0.15) is 17.2 Å². The predicted octanol–water partition coefficient (Wildman–Crippen LogP) is 2.19. The van der Waals surface area contributed by atoms with Crippen LogP contribution >= 0.6 is 0 Å². The maximum absolute atomic E-state index is 13.2. The van der Waals surface area contributed by atoms with Crippen LogP contribution in [0.3, 0.4) is 0 Å². The van der Waals surface area contributed by atoms with Crippen LogP contribution in [0.4, 0.5) is 4.39 Å². The number of fused-ring (bicyclic) bond motifs is 1. The van der Waals surface area contributed by atoms with Gasteiger partial charge in [-0.25, -0.2) is 4.39 Å². The van der Waals surface area contributed by atoms with E-state index in [2.05, 4.69) is 0 Å². The normalized spacial score (nSPS) is 35.7. The maximum atomic E-state index is 13.2. The minimum Gasteiger partial charge on any atom is -0.484 e. The third-order valence-corrected chi connectivity index (χ3v) is 3.82. The monoisotopic (exact) mass is 238 g/mol. The molecule has 2 aliphatic heterocycles. The molecule has 1 N–H and O–H groups in total. The first kappa shape index (κ1) is 11.0. The molecule has 0 bridgehead atoms. The summed E-state index contributed by atoms with van der Waals surface area (Å²) in [6.07, 6.45) is 0.561. The molecule has 3 rings (SSSR count). The van der Waals surface area contributed by atoms with Gasteiger partial charge in [-0.15, -0.1) is 0 Å². The Hall–Kier alpha value is -1.13. The van der Waals surface area contributed by atoms with Gasteiger partial charge in [0.15, 0.2) is 0 Å². The third kappa shape index (κ3) is 1.63. The molecule has 1 aromatic carbocycles. The molecule has 0 radical (unpaired) electrons. The highest BCUT2D eigenvalue weighted by atomic mass is 19.1. The van der Waals surface area contributed by atoms with E-state index in [0.29, 0.717) is 24.3 Å². The predicted molar refractivity (Wildman–Crippen MR) is 59.4 cm³/mol. The van der Waals surface area contributed by atoms with E-state index in [1.54, 1.807) is 6.07 Å². The molecule has 1 spiro atoms. The Kier molecular flexibility index (Phi) is 2.38. The zero-order valence-corrected chi connectivity index (χ0v) is 9.65. The first-order valence-electron chi connectivity index (χ1n) is 5.89. The zero-order chi connectivity index (χ0) is 12.0. The summed E-state index contributed by atoms with van der Waals surface area (Å²) in [5.74, 6) is 0.0978. The number of rotatable bonds is 0. The van der Waals surface area contributed by atoms with Crippen molar-refractivity contribution in [2.24, 2.45) is 0 Å². The van der Waals surface area contributed by atoms with E-state index in [1.807, 2.05) is 6.92 Å². The van der Waals surface area contributed by atoms with Crippen LogP contribution in [0.5, 0.6) is 5.75 Å². The van der Waals surface area contributed by atoms with Crippen molar-refractivity contribution in [3.63, 3.8) is 0 Å². The average Bonchev–Trinajstić information content (AvgIpc) is 2.59. The number of aliphatic hydroxyl groups is 1. The highest BCUT2D eigenvalue weighted by Crippen LogP contribution is 2.45. The number of hydrogen-bond acceptors (Lipinski definition) is 3. The van der Waals surface area contributed by atoms with Gasteiger partial charge in [-0.2, -0.15) is 0 Å². The zero-order valence-electron chi connectivity index (χ0n) is 9.65. The molecule has 92 valence electrons. The van der Waals surface area contributed by atoms with Gasteiger partial charge in [0.25, 0.3) is 0 Å². The van der Waals surface area contributed by atoms with Gasteiger partial charge < -0.3 is 14.6 Å². The van der Waals surface area contributed by atoms with Crippen molar-refractivity contribution in [2.75, 3.05) is 6.61 Å². The SMILES string of the molecule is CC1OCCC12CC(O)c1ccc(F)cc1O2. The topological polar surface area (TPSA) is 38.7 Å². The summed E-state index contributed by atoms with van der Waals surface area (Å²) in [5, 5.41) is 10.1. The van der Waals surface area contributed by atoms with Crippen LogP contribution in [0, 0.1) is 5.82 Å². The largest absolute Gasteiger partial charge is 0.484 e. The smallest absolute Gasteiger partial charge is 0.140 e. The molecule has 2 heterocycles. The van der Waals surface area contributed by atoms with Crippen molar-refractivity contribution in [1.82, 2.24) is 0 Å². The number of benzene rings is 1. The maximum Gasteiger partial charge on any atom is 0.140 e. The van der Waals surface area contributed by atoms with Crippen LogP contribution in [0.15, 0.2) is 18.2 Å². The van der Waals surface area contributed by atoms with E-state index >= 15 is 0 Å². The van der Waals surface area contributed by atoms with Crippen molar-refractivity contribution in [3.05, 3.63) is 29.6 Å². The fraction of sp³-hybridized carbons (Fsp3) is 0.538. The summed E-state index contributed by atoms with van der Waals surface area (Å²) in [6.45, 7) is 2.56. The Morgan fingerprint density at radius 3 is 3.00 bits per heavy atom. The summed E-state index contributed by atoms with van der Waals surface area (Å²) >= 11 is 0. The molecule has 1 fully saturated rings. The highest BCUT2D eigenvalue weighted by molar-refractivity contribution is 5.39. The third-order valence-electron chi connectivity index (χ3n) is 3.82. The van der Waals surface area contributed by atoms with Gasteiger partial charge >= 0.3 is 0 Å². The highest BCUT2D eigenvalue weighted by Gasteiger charge is 2.48. The van der Waals surface area contributed by atoms with Crippen LogP contribution in [-0.2, 0) is 4.74 Å². The van der Waals surface area contributed by atoms with E-state index in [0.717, 1.165) is 6.42 Å². The van der Waals surface area contributed by atoms with Gasteiger partial charge in [-0.3, -0.25) is 0 Å². The molecule has 1 saturated heterocycles. The molecule has 0 amide bonds. The van der Waals surface area contributed by atoms with Gasteiger partial charge in [-0.05, 0) is 19.1 Å². The van der Waals surface area contributed by atoms with Gasteiger partial charge in [0, 0.05) is 24.5 Å². The van der Waals surface area contributed by atoms with Crippen molar-refractivity contribution in [3.8, 4) is 5.75 Å². The molecule has 0 aliphatic carbocycles. The minimum atomic E-state index is -0.608. The molecule has 0 aromatic heterocycles. The molecule has 17 heavy (non-hydrogen) atoms. The van der Waals surface area contributed by atoms with E-state index in [-0.39, 0.29) is 11.9 Å². The average molecular weight is 238 g/mol. The number of aliphatic hydroxyl groups excluding tert-OH is 1. The lowest BCUT2D eigenvalue weighted by molar-refractivity contribution is -0.0567. The fourth-order valence-corrected chi connectivity index (χ4v) is 2.74. The number of ether oxygens (including phenoxy) is 2. The van der Waals surface area contributed by atoms with Gasteiger partial charge in [0.2, 0.25) is 0 Å². The molecular weight excluding hydrogens is 223 g/mol. The second kappa shape index (κ2) is 3.68. The number of halogens is 1. The molecular formula is C13H15FO3. The summed E-state index contributed by atoms with van der Waals surface area (Å²) in [6, 6.07) is 4.27. The quantitative estimate of drug-likeness (QED) is 0.753. The lowest BCUT2D eigenvalue weighted by Crippen LogP contribution is -2.46. The van der Waals surface area contributed by atoms with Gasteiger partial charge in [0.05, 0.1) is 18.8 Å². The van der Waals surface area contributed by atoms with Crippen molar-refractivity contribution >= 4 is 0 Å². The van der Waals surface area contributed by atoms with E-state index in [1.165, 1.54) is 12.1 Å². The minimum absolute atomic E-state index is 0.0754. The van der Waals surface area contributed by atoms with E-state index in [4.69, 9.17) is 9.47 Å². The Morgan fingerprint density at radius 2 is 2.29 bits per heavy atom. The van der Waals surface area contributed by atoms with Gasteiger partial charge in [-0.1, -0.05) is 0 Å². The van der Waals surface area contributed by atoms with Crippen LogP contribution in [0.25, 0.3) is 0 Å². The van der Waals surface area contributed by atoms with Crippen molar-refractivity contribution < 1.29 is 19.0 Å². The summed E-state index contributed by atoms with van der Waals surface area (Å²) in [5.41, 5.74) is 0.163. The summed E-state index contributed by atoms with van der Waals surface area (Å²) in [7, 11) is 0. The van der Waals surface area contributed by atoms with Crippen LogP contribution in [0.2, 0.25) is 0 Å². The Bertz CT molecular complexity index is 448. The summed E-state index contributed by atoms with van der Waals surface area (Å²) in [4.78, 5) is 0.